The van der Waals surface area contributed by atoms with Crippen molar-refractivity contribution in [3.63, 3.8) is 0 Å². The van der Waals surface area contributed by atoms with Crippen LogP contribution in [0.5, 0.6) is 0 Å². The molecule has 0 aliphatic carbocycles. The first-order chi connectivity index (χ1) is 10.0. The number of ketones is 1. The first-order valence-electron chi connectivity index (χ1n) is 6.59. The van der Waals surface area contributed by atoms with E-state index >= 15 is 0 Å². The van der Waals surface area contributed by atoms with Gasteiger partial charge in [-0.05, 0) is 31.2 Å². The summed E-state index contributed by atoms with van der Waals surface area (Å²) in [6, 6.07) is 11.1. The summed E-state index contributed by atoms with van der Waals surface area (Å²) in [7, 11) is -3.78. The van der Waals surface area contributed by atoms with Crippen LogP contribution >= 0.6 is 0 Å². The van der Waals surface area contributed by atoms with Crippen molar-refractivity contribution >= 4 is 21.5 Å². The van der Waals surface area contributed by atoms with Crippen LogP contribution in [-0.4, -0.2) is 25.2 Å². The second kappa shape index (κ2) is 4.96. The topological polar surface area (TPSA) is 67.3 Å². The number of sulfonamides is 1. The minimum Gasteiger partial charge on any atom is -0.294 e. The molecule has 3 rings (SSSR count). The molecule has 21 heavy (non-hydrogen) atoms. The summed E-state index contributed by atoms with van der Waals surface area (Å²) in [5.74, 6) is -0.0365. The maximum atomic E-state index is 12.8. The number of anilines is 1. The predicted molar refractivity (Wildman–Crippen MR) is 78.8 cm³/mol. The van der Waals surface area contributed by atoms with Gasteiger partial charge in [0.1, 0.15) is 0 Å². The van der Waals surface area contributed by atoms with E-state index in [1.807, 2.05) is 0 Å². The second-order valence-electron chi connectivity index (χ2n) is 4.96. The highest BCUT2D eigenvalue weighted by molar-refractivity contribution is 7.92. The highest BCUT2D eigenvalue weighted by atomic mass is 32.2. The van der Waals surface area contributed by atoms with E-state index in [0.717, 1.165) is 0 Å². The first kappa shape index (κ1) is 13.8. The molecule has 0 fully saturated rings. The summed E-state index contributed by atoms with van der Waals surface area (Å²) in [6.45, 7) is 1.73. The number of pyridine rings is 1. The van der Waals surface area contributed by atoms with E-state index in [2.05, 4.69) is 4.98 Å². The molecular formula is C15H14N2O3S. The average molecular weight is 302 g/mol. The zero-order chi connectivity index (χ0) is 15.0. The molecule has 0 saturated heterocycles. The van der Waals surface area contributed by atoms with Crippen LogP contribution in [0.3, 0.4) is 0 Å². The molecule has 1 atom stereocenters. The van der Waals surface area contributed by atoms with Crippen molar-refractivity contribution in [1.82, 2.24) is 4.98 Å². The predicted octanol–water partition coefficient (Wildman–Crippen LogP) is 2.25. The Hall–Kier alpha value is -2.21. The monoisotopic (exact) mass is 302 g/mol. The molecular weight excluding hydrogens is 288 g/mol. The number of aromatic nitrogens is 1. The van der Waals surface area contributed by atoms with E-state index in [9.17, 15) is 13.2 Å². The lowest BCUT2D eigenvalue weighted by atomic mass is 9.98. The first-order valence-corrected chi connectivity index (χ1v) is 8.03. The van der Waals surface area contributed by atoms with Crippen LogP contribution in [0.2, 0.25) is 0 Å². The Labute approximate surface area is 123 Å². The Kier molecular flexibility index (Phi) is 3.25. The van der Waals surface area contributed by atoms with Crippen molar-refractivity contribution < 1.29 is 13.2 Å². The van der Waals surface area contributed by atoms with Crippen molar-refractivity contribution in [2.75, 3.05) is 4.31 Å². The fraction of sp³-hybridized carbons (Fsp3) is 0.200. The average Bonchev–Trinajstić information content (AvgIpc) is 2.48. The van der Waals surface area contributed by atoms with Crippen LogP contribution in [0.1, 0.15) is 23.7 Å². The molecule has 0 spiro atoms. The van der Waals surface area contributed by atoms with Crippen LogP contribution in [0, 0.1) is 0 Å². The lowest BCUT2D eigenvalue weighted by Crippen LogP contribution is -2.44. The van der Waals surface area contributed by atoms with Crippen molar-refractivity contribution in [1.29, 1.82) is 0 Å². The number of carbonyl (C=O) groups excluding carboxylic acids is 1. The maximum Gasteiger partial charge on any atom is 0.282 e. The number of fused-ring (bicyclic) bond motifs is 1. The molecule has 1 aliphatic rings. The third kappa shape index (κ3) is 2.21. The maximum absolute atomic E-state index is 12.8. The number of hydrogen-bond acceptors (Lipinski definition) is 4. The molecule has 5 nitrogen and oxygen atoms in total. The van der Waals surface area contributed by atoms with Gasteiger partial charge in [-0.3, -0.25) is 9.10 Å². The lowest BCUT2D eigenvalue weighted by Gasteiger charge is -2.34. The number of benzene rings is 1. The zero-order valence-electron chi connectivity index (χ0n) is 11.4. The second-order valence-corrected chi connectivity index (χ2v) is 6.72. The van der Waals surface area contributed by atoms with Gasteiger partial charge in [0, 0.05) is 24.2 Å². The SMILES string of the molecule is C[C@H]1CC(=O)c2ccccc2N1S(=O)(=O)c1ccccn1. The van der Waals surface area contributed by atoms with Gasteiger partial charge >= 0.3 is 0 Å². The van der Waals surface area contributed by atoms with Gasteiger partial charge in [-0.1, -0.05) is 18.2 Å². The Morgan fingerprint density at radius 3 is 2.57 bits per heavy atom. The molecule has 1 aromatic carbocycles. The lowest BCUT2D eigenvalue weighted by molar-refractivity contribution is 0.0972. The summed E-state index contributed by atoms with van der Waals surface area (Å²) in [6.07, 6.45) is 1.61. The number of rotatable bonds is 2. The number of hydrogen-bond donors (Lipinski definition) is 0. The molecule has 0 amide bonds. The standard InChI is InChI=1S/C15H14N2O3S/c1-11-10-14(18)12-6-2-3-7-13(12)17(11)21(19,20)15-8-4-5-9-16-15/h2-9,11H,10H2,1H3/t11-/m0/s1. The Bertz CT molecular complexity index is 788. The molecule has 1 aliphatic heterocycles. The summed E-state index contributed by atoms with van der Waals surface area (Å²) in [5, 5.41) is -0.0130. The minimum atomic E-state index is -3.78. The third-order valence-electron chi connectivity index (χ3n) is 3.48. The van der Waals surface area contributed by atoms with Crippen LogP contribution in [0.4, 0.5) is 5.69 Å². The van der Waals surface area contributed by atoms with Gasteiger partial charge in [0.2, 0.25) is 0 Å². The van der Waals surface area contributed by atoms with E-state index in [0.29, 0.717) is 11.3 Å². The fourth-order valence-corrected chi connectivity index (χ4v) is 4.18. The Morgan fingerprint density at radius 1 is 1.14 bits per heavy atom. The van der Waals surface area contributed by atoms with E-state index < -0.39 is 16.1 Å². The Morgan fingerprint density at radius 2 is 1.86 bits per heavy atom. The number of nitrogens with zero attached hydrogens (tertiary/aromatic N) is 2. The molecule has 6 heteroatoms. The third-order valence-corrected chi connectivity index (χ3v) is 5.33. The molecule has 0 bridgehead atoms. The van der Waals surface area contributed by atoms with Crippen LogP contribution in [-0.2, 0) is 10.0 Å². The quantitative estimate of drug-likeness (QED) is 0.853. The van der Waals surface area contributed by atoms with Gasteiger partial charge in [0.25, 0.3) is 10.0 Å². The smallest absolute Gasteiger partial charge is 0.282 e. The Balaban J connectivity index is 2.18. The largest absolute Gasteiger partial charge is 0.294 e. The van der Waals surface area contributed by atoms with Gasteiger partial charge in [-0.2, -0.15) is 8.42 Å². The molecule has 0 saturated carbocycles. The van der Waals surface area contributed by atoms with Crippen molar-refractivity contribution in [3.05, 3.63) is 54.2 Å². The fourth-order valence-electron chi connectivity index (χ4n) is 2.57. The van der Waals surface area contributed by atoms with E-state index in [1.165, 1.54) is 16.6 Å². The molecule has 1 aromatic heterocycles. The summed E-state index contributed by atoms with van der Waals surface area (Å²) in [5.41, 5.74) is 0.863. The molecule has 108 valence electrons. The number of carbonyl (C=O) groups is 1. The highest BCUT2D eigenvalue weighted by Gasteiger charge is 2.37. The van der Waals surface area contributed by atoms with Crippen LogP contribution < -0.4 is 4.31 Å². The van der Waals surface area contributed by atoms with Gasteiger partial charge in [0.05, 0.1) is 5.69 Å². The highest BCUT2D eigenvalue weighted by Crippen LogP contribution is 2.34. The number of Topliss-reactive ketones (excluding diaryl/α,β-unsaturated/α-hetero) is 1. The zero-order valence-corrected chi connectivity index (χ0v) is 12.2. The summed E-state index contributed by atoms with van der Waals surface area (Å²) in [4.78, 5) is 16.0. The van der Waals surface area contributed by atoms with Gasteiger partial charge in [-0.25, -0.2) is 4.98 Å². The number of para-hydroxylation sites is 1. The van der Waals surface area contributed by atoms with Gasteiger partial charge in [-0.15, -0.1) is 0 Å². The molecule has 2 heterocycles. The van der Waals surface area contributed by atoms with E-state index in [-0.39, 0.29) is 17.2 Å². The van der Waals surface area contributed by atoms with Gasteiger partial charge < -0.3 is 0 Å². The van der Waals surface area contributed by atoms with E-state index in [4.69, 9.17) is 0 Å². The van der Waals surface area contributed by atoms with Crippen LogP contribution in [0.25, 0.3) is 0 Å². The van der Waals surface area contributed by atoms with Crippen molar-refractivity contribution in [2.24, 2.45) is 0 Å². The normalized spacial score (nSPS) is 18.4. The van der Waals surface area contributed by atoms with Crippen LogP contribution in [0.15, 0.2) is 53.7 Å². The molecule has 0 radical (unpaired) electrons. The van der Waals surface area contributed by atoms with Crippen molar-refractivity contribution in [3.8, 4) is 0 Å². The van der Waals surface area contributed by atoms with E-state index in [1.54, 1.807) is 43.3 Å². The summed E-state index contributed by atoms with van der Waals surface area (Å²) >= 11 is 0. The molecule has 2 aromatic rings. The summed E-state index contributed by atoms with van der Waals surface area (Å²) < 4.78 is 26.9. The molecule has 0 N–H and O–H groups in total. The van der Waals surface area contributed by atoms with Gasteiger partial charge in [0.15, 0.2) is 10.8 Å². The van der Waals surface area contributed by atoms with Crippen molar-refractivity contribution in [2.45, 2.75) is 24.4 Å². The minimum absolute atomic E-state index is 0.0130. The molecule has 0 unspecified atom stereocenters.